The molecule has 0 saturated carbocycles. The summed E-state index contributed by atoms with van der Waals surface area (Å²) in [6, 6.07) is 6.52. The van der Waals surface area contributed by atoms with Gasteiger partial charge >= 0.3 is 0 Å². The van der Waals surface area contributed by atoms with Crippen LogP contribution >= 0.6 is 44.7 Å². The Bertz CT molecular complexity index is 503. The number of thioether (sulfide) groups is 1. The van der Waals surface area contributed by atoms with E-state index in [1.165, 1.54) is 14.9 Å². The topological polar surface area (TPSA) is 41.6 Å². The number of nitrogens with two attached hydrogens (primary N) is 1. The Morgan fingerprint density at radius 1 is 1.45 bits per heavy atom. The zero-order chi connectivity index (χ0) is 13.7. The van der Waals surface area contributed by atoms with Crippen molar-refractivity contribution in [2.75, 3.05) is 19.3 Å². The zero-order valence-electron chi connectivity index (χ0n) is 11.4. The van der Waals surface area contributed by atoms with Crippen molar-refractivity contribution in [2.24, 2.45) is 10.7 Å². The third-order valence-corrected chi connectivity index (χ3v) is 4.59. The molecule has 0 spiro atoms. The molecule has 2 N–H and O–H groups in total. The molecule has 1 aliphatic rings. The van der Waals surface area contributed by atoms with Crippen molar-refractivity contribution >= 4 is 50.6 Å². The quantitative estimate of drug-likeness (QED) is 0.736. The van der Waals surface area contributed by atoms with E-state index in [1.807, 2.05) is 6.08 Å². The molecule has 0 saturated heterocycles. The highest BCUT2D eigenvalue weighted by Gasteiger charge is 2.09. The Kier molecular flexibility index (Phi) is 7.69. The van der Waals surface area contributed by atoms with Crippen LogP contribution in [0.4, 0.5) is 0 Å². The van der Waals surface area contributed by atoms with E-state index in [4.69, 9.17) is 5.73 Å². The molecule has 1 aromatic rings. The predicted molar refractivity (Wildman–Crippen MR) is 96.9 cm³/mol. The van der Waals surface area contributed by atoms with Crippen LogP contribution in [0.5, 0.6) is 0 Å². The molecular weight excluding hydrogens is 402 g/mol. The molecule has 20 heavy (non-hydrogen) atoms. The van der Waals surface area contributed by atoms with Gasteiger partial charge in [-0.25, -0.2) is 4.99 Å². The first-order valence-corrected chi connectivity index (χ1v) is 8.28. The van der Waals surface area contributed by atoms with E-state index in [-0.39, 0.29) is 17.0 Å². The van der Waals surface area contributed by atoms with Crippen LogP contribution in [0.3, 0.4) is 0 Å². The Hall–Kier alpha value is -0.460. The van der Waals surface area contributed by atoms with E-state index in [1.54, 1.807) is 18.0 Å². The molecule has 6 heteroatoms. The van der Waals surface area contributed by atoms with Gasteiger partial charge in [0.1, 0.15) is 0 Å². The molecule has 0 bridgehead atoms. The molecule has 3 nitrogen and oxygen atoms in total. The molecule has 0 radical (unpaired) electrons. The molecule has 1 aromatic carbocycles. The van der Waals surface area contributed by atoms with Gasteiger partial charge in [0.25, 0.3) is 0 Å². The fourth-order valence-electron chi connectivity index (χ4n) is 2.01. The molecule has 1 aliphatic heterocycles. The summed E-state index contributed by atoms with van der Waals surface area (Å²) in [5, 5.41) is 0. The largest absolute Gasteiger partial charge is 0.369 e. The van der Waals surface area contributed by atoms with Gasteiger partial charge in [-0.15, -0.1) is 28.7 Å². The lowest BCUT2D eigenvalue weighted by Crippen LogP contribution is -2.39. The van der Waals surface area contributed by atoms with E-state index in [0.717, 1.165) is 25.9 Å². The number of halogens is 2. The monoisotopic (exact) mass is 419 g/mol. The zero-order valence-corrected chi connectivity index (χ0v) is 15.5. The Morgan fingerprint density at radius 2 is 2.25 bits per heavy atom. The third kappa shape index (κ3) is 4.82. The normalized spacial score (nSPS) is 13.9. The number of nitrogens with zero attached hydrogens (tertiary/aromatic N) is 2. The molecular formula is C14H19Br2N3S. The lowest BCUT2D eigenvalue weighted by molar-refractivity contribution is 0.439. The van der Waals surface area contributed by atoms with Crippen LogP contribution in [0.1, 0.15) is 12.0 Å². The fourth-order valence-corrected chi connectivity index (χ4v) is 2.92. The first-order chi connectivity index (χ1) is 9.20. The SMILES string of the molecule is Br.CSc1ccc(Br)c(CCCN2CC=CN=C2N)c1. The number of benzene rings is 1. The van der Waals surface area contributed by atoms with Crippen LogP contribution in [-0.4, -0.2) is 30.2 Å². The maximum atomic E-state index is 5.85. The first kappa shape index (κ1) is 17.6. The van der Waals surface area contributed by atoms with E-state index < -0.39 is 0 Å². The minimum atomic E-state index is 0. The summed E-state index contributed by atoms with van der Waals surface area (Å²) in [5.74, 6) is 0.624. The highest BCUT2D eigenvalue weighted by Crippen LogP contribution is 2.24. The van der Waals surface area contributed by atoms with Crippen molar-refractivity contribution in [3.63, 3.8) is 0 Å². The van der Waals surface area contributed by atoms with Crippen molar-refractivity contribution in [3.8, 4) is 0 Å². The summed E-state index contributed by atoms with van der Waals surface area (Å²) in [6.45, 7) is 1.80. The average Bonchev–Trinajstić information content (AvgIpc) is 2.43. The number of hydrogen-bond acceptors (Lipinski definition) is 4. The van der Waals surface area contributed by atoms with Crippen LogP contribution in [0.25, 0.3) is 0 Å². The van der Waals surface area contributed by atoms with Crippen molar-refractivity contribution < 1.29 is 0 Å². The van der Waals surface area contributed by atoms with E-state index in [0.29, 0.717) is 5.96 Å². The molecule has 2 rings (SSSR count). The fraction of sp³-hybridized carbons (Fsp3) is 0.357. The number of guanidine groups is 1. The first-order valence-electron chi connectivity index (χ1n) is 6.26. The minimum absolute atomic E-state index is 0. The van der Waals surface area contributed by atoms with Crippen molar-refractivity contribution in [1.82, 2.24) is 4.90 Å². The van der Waals surface area contributed by atoms with Crippen LogP contribution < -0.4 is 5.73 Å². The smallest absolute Gasteiger partial charge is 0.196 e. The van der Waals surface area contributed by atoms with Crippen molar-refractivity contribution in [1.29, 1.82) is 0 Å². The van der Waals surface area contributed by atoms with E-state index in [9.17, 15) is 0 Å². The van der Waals surface area contributed by atoms with Gasteiger partial charge in [0.2, 0.25) is 0 Å². The summed E-state index contributed by atoms with van der Waals surface area (Å²) in [7, 11) is 0. The highest BCUT2D eigenvalue weighted by molar-refractivity contribution is 9.10. The molecule has 0 aliphatic carbocycles. The molecule has 1 heterocycles. The van der Waals surface area contributed by atoms with Gasteiger partial charge in [0.15, 0.2) is 5.96 Å². The predicted octanol–water partition coefficient (Wildman–Crippen LogP) is 3.83. The summed E-state index contributed by atoms with van der Waals surface area (Å²) in [6.07, 6.45) is 8.01. The van der Waals surface area contributed by atoms with Crippen LogP contribution in [0.15, 0.2) is 44.8 Å². The maximum Gasteiger partial charge on any atom is 0.196 e. The van der Waals surface area contributed by atoms with Crippen molar-refractivity contribution in [3.05, 3.63) is 40.5 Å². The third-order valence-electron chi connectivity index (χ3n) is 3.09. The molecule has 110 valence electrons. The number of aryl methyl sites for hydroxylation is 1. The standard InChI is InChI=1S/C14H18BrN3S.BrH/c1-19-12-5-6-13(15)11(10-12)4-2-8-18-9-3-7-17-14(18)16;/h3,5-7,10H,2,4,8-9H2,1H3,(H2,16,17);1H. The molecule has 0 amide bonds. The van der Waals surface area contributed by atoms with Gasteiger partial charge in [-0.2, -0.15) is 0 Å². The van der Waals surface area contributed by atoms with Gasteiger partial charge in [0.05, 0.1) is 0 Å². The van der Waals surface area contributed by atoms with Crippen molar-refractivity contribution in [2.45, 2.75) is 17.7 Å². The number of hydrogen-bond donors (Lipinski definition) is 1. The maximum absolute atomic E-state index is 5.85. The van der Waals surface area contributed by atoms with Crippen LogP contribution in [0, 0.1) is 0 Å². The van der Waals surface area contributed by atoms with Gasteiger partial charge in [-0.1, -0.05) is 15.9 Å². The summed E-state index contributed by atoms with van der Waals surface area (Å²) in [4.78, 5) is 7.52. The van der Waals surface area contributed by atoms with E-state index in [2.05, 4.69) is 50.3 Å². The molecule has 0 aromatic heterocycles. The van der Waals surface area contributed by atoms with Crippen LogP contribution in [-0.2, 0) is 6.42 Å². The van der Waals surface area contributed by atoms with Crippen LogP contribution in [0.2, 0.25) is 0 Å². The second-order valence-electron chi connectivity index (χ2n) is 4.38. The summed E-state index contributed by atoms with van der Waals surface area (Å²) < 4.78 is 1.19. The lowest BCUT2D eigenvalue weighted by atomic mass is 10.1. The second-order valence-corrected chi connectivity index (χ2v) is 6.11. The number of rotatable bonds is 5. The van der Waals surface area contributed by atoms with Gasteiger partial charge in [-0.3, -0.25) is 0 Å². The molecule has 0 unspecified atom stereocenters. The van der Waals surface area contributed by atoms with Gasteiger partial charge < -0.3 is 10.6 Å². The summed E-state index contributed by atoms with van der Waals surface area (Å²) >= 11 is 5.39. The Morgan fingerprint density at radius 3 is 2.95 bits per heavy atom. The minimum Gasteiger partial charge on any atom is -0.369 e. The Labute approximate surface area is 143 Å². The van der Waals surface area contributed by atoms with E-state index >= 15 is 0 Å². The summed E-state index contributed by atoms with van der Waals surface area (Å²) in [5.41, 5.74) is 7.20. The molecule has 0 fully saturated rings. The number of aliphatic imine (C=N–C) groups is 1. The lowest BCUT2D eigenvalue weighted by Gasteiger charge is -2.23. The average molecular weight is 421 g/mol. The Balaban J connectivity index is 0.00000200. The molecule has 0 atom stereocenters. The highest BCUT2D eigenvalue weighted by atomic mass is 79.9. The van der Waals surface area contributed by atoms with Gasteiger partial charge in [-0.05, 0) is 48.9 Å². The van der Waals surface area contributed by atoms with Gasteiger partial charge in [0, 0.05) is 28.7 Å². The second kappa shape index (κ2) is 8.74.